The Hall–Kier alpha value is -0.770. The number of hydrogen-bond acceptors (Lipinski definition) is 3. The van der Waals surface area contributed by atoms with E-state index < -0.39 is 0 Å². The maximum Gasteiger partial charge on any atom is 0.0586 e. The van der Waals surface area contributed by atoms with E-state index in [1.807, 2.05) is 18.2 Å². The minimum absolute atomic E-state index is 0.213. The van der Waals surface area contributed by atoms with Gasteiger partial charge in [0.25, 0.3) is 0 Å². The van der Waals surface area contributed by atoms with Gasteiger partial charge in [0.05, 0.1) is 6.61 Å². The summed E-state index contributed by atoms with van der Waals surface area (Å²) in [6.07, 6.45) is 3.43. The fourth-order valence-corrected chi connectivity index (χ4v) is 2.66. The zero-order valence-corrected chi connectivity index (χ0v) is 10.7. The minimum atomic E-state index is 0.213. The highest BCUT2D eigenvalue weighted by molar-refractivity contribution is 6.31. The van der Waals surface area contributed by atoms with Crippen molar-refractivity contribution in [1.29, 1.82) is 0 Å². The number of anilines is 1. The summed E-state index contributed by atoms with van der Waals surface area (Å²) in [5.74, 6) is 0. The number of nitrogens with two attached hydrogens (primary N) is 1. The molecule has 1 aliphatic rings. The zero-order chi connectivity index (χ0) is 12.3. The lowest BCUT2D eigenvalue weighted by molar-refractivity contribution is 0.0843. The molecule has 1 aromatic rings. The molecule has 1 atom stereocenters. The molecule has 1 heterocycles. The standard InChI is InChI=1S/C13H19ClN2O/c14-12-5-3-6-13(15)11(12)8-16-7-2-1-4-10(16)9-17/h3,5-6,10,17H,1-2,4,7-9,15H2. The van der Waals surface area contributed by atoms with Gasteiger partial charge in [0.1, 0.15) is 0 Å². The van der Waals surface area contributed by atoms with Crippen molar-refractivity contribution >= 4 is 17.3 Å². The van der Waals surface area contributed by atoms with Gasteiger partial charge in [-0.1, -0.05) is 24.1 Å². The number of likely N-dealkylation sites (tertiary alicyclic amines) is 1. The zero-order valence-electron chi connectivity index (χ0n) is 9.90. The normalized spacial score (nSPS) is 21.6. The van der Waals surface area contributed by atoms with Crippen molar-refractivity contribution < 1.29 is 5.11 Å². The van der Waals surface area contributed by atoms with Gasteiger partial charge in [-0.25, -0.2) is 0 Å². The second kappa shape index (κ2) is 5.71. The molecule has 1 fully saturated rings. The molecule has 0 bridgehead atoms. The van der Waals surface area contributed by atoms with Crippen LogP contribution >= 0.6 is 11.6 Å². The van der Waals surface area contributed by atoms with Gasteiger partial charge >= 0.3 is 0 Å². The molecule has 0 amide bonds. The van der Waals surface area contributed by atoms with Gasteiger partial charge in [-0.2, -0.15) is 0 Å². The van der Waals surface area contributed by atoms with Crippen molar-refractivity contribution in [3.63, 3.8) is 0 Å². The van der Waals surface area contributed by atoms with Crippen molar-refractivity contribution in [3.8, 4) is 0 Å². The minimum Gasteiger partial charge on any atom is -0.398 e. The van der Waals surface area contributed by atoms with E-state index >= 15 is 0 Å². The highest BCUT2D eigenvalue weighted by atomic mass is 35.5. The van der Waals surface area contributed by atoms with Crippen LogP contribution in [0.2, 0.25) is 5.02 Å². The number of nitrogen functional groups attached to an aromatic ring is 1. The summed E-state index contributed by atoms with van der Waals surface area (Å²) >= 11 is 6.17. The summed E-state index contributed by atoms with van der Waals surface area (Å²) in [5.41, 5.74) is 7.67. The highest BCUT2D eigenvalue weighted by Gasteiger charge is 2.22. The van der Waals surface area contributed by atoms with Crippen molar-refractivity contribution in [2.24, 2.45) is 0 Å². The predicted molar refractivity (Wildman–Crippen MR) is 71.0 cm³/mol. The summed E-state index contributed by atoms with van der Waals surface area (Å²) in [4.78, 5) is 2.28. The van der Waals surface area contributed by atoms with Crippen molar-refractivity contribution in [3.05, 3.63) is 28.8 Å². The smallest absolute Gasteiger partial charge is 0.0586 e. The Kier molecular flexibility index (Phi) is 4.26. The van der Waals surface area contributed by atoms with Crippen LogP contribution in [0.1, 0.15) is 24.8 Å². The number of rotatable bonds is 3. The number of aliphatic hydroxyl groups is 1. The molecule has 0 spiro atoms. The molecule has 1 unspecified atom stereocenters. The molecule has 0 saturated carbocycles. The topological polar surface area (TPSA) is 49.5 Å². The Morgan fingerprint density at radius 1 is 1.41 bits per heavy atom. The van der Waals surface area contributed by atoms with Crippen LogP contribution in [0.3, 0.4) is 0 Å². The van der Waals surface area contributed by atoms with Crippen molar-refractivity contribution in [2.75, 3.05) is 18.9 Å². The van der Waals surface area contributed by atoms with Crippen LogP contribution in [-0.2, 0) is 6.54 Å². The number of piperidine rings is 1. The van der Waals surface area contributed by atoms with Crippen molar-refractivity contribution in [2.45, 2.75) is 31.8 Å². The van der Waals surface area contributed by atoms with Gasteiger partial charge in [-0.05, 0) is 31.5 Å². The monoisotopic (exact) mass is 254 g/mol. The molecule has 0 aliphatic carbocycles. The molecule has 0 aromatic heterocycles. The first-order valence-electron chi connectivity index (χ1n) is 6.10. The molecule has 17 heavy (non-hydrogen) atoms. The molecule has 1 aromatic carbocycles. The number of halogens is 1. The first-order valence-corrected chi connectivity index (χ1v) is 6.48. The second-order valence-electron chi connectivity index (χ2n) is 4.61. The van der Waals surface area contributed by atoms with Gasteiger partial charge in [0.2, 0.25) is 0 Å². The number of hydrogen-bond donors (Lipinski definition) is 2. The first-order chi connectivity index (χ1) is 8.22. The van der Waals surface area contributed by atoms with E-state index in [2.05, 4.69) is 4.90 Å². The van der Waals surface area contributed by atoms with Crippen LogP contribution < -0.4 is 5.73 Å². The lowest BCUT2D eigenvalue weighted by Gasteiger charge is -2.35. The van der Waals surface area contributed by atoms with Gasteiger partial charge in [0, 0.05) is 28.9 Å². The second-order valence-corrected chi connectivity index (χ2v) is 5.02. The molecule has 3 nitrogen and oxygen atoms in total. The molecule has 1 aliphatic heterocycles. The summed E-state index contributed by atoms with van der Waals surface area (Å²) in [6.45, 7) is 1.96. The summed E-state index contributed by atoms with van der Waals surface area (Å²) in [5, 5.41) is 10.1. The van der Waals surface area contributed by atoms with Gasteiger partial charge in [0.15, 0.2) is 0 Å². The van der Waals surface area contributed by atoms with Crippen LogP contribution in [0.5, 0.6) is 0 Å². The maximum absolute atomic E-state index is 9.37. The van der Waals surface area contributed by atoms with E-state index in [9.17, 15) is 5.11 Å². The van der Waals surface area contributed by atoms with E-state index in [0.717, 1.165) is 30.8 Å². The Bertz CT molecular complexity index is 363. The van der Waals surface area contributed by atoms with E-state index in [1.165, 1.54) is 12.8 Å². The third-order valence-electron chi connectivity index (χ3n) is 3.48. The SMILES string of the molecule is Nc1cccc(Cl)c1CN1CCCCC1CO. The Labute approximate surface area is 107 Å². The fraction of sp³-hybridized carbons (Fsp3) is 0.538. The molecule has 94 valence electrons. The Morgan fingerprint density at radius 2 is 2.24 bits per heavy atom. The van der Waals surface area contributed by atoms with E-state index in [4.69, 9.17) is 17.3 Å². The molecule has 4 heteroatoms. The summed E-state index contributed by atoms with van der Waals surface area (Å²) < 4.78 is 0. The predicted octanol–water partition coefficient (Wildman–Crippen LogP) is 2.27. The largest absolute Gasteiger partial charge is 0.398 e. The maximum atomic E-state index is 9.37. The quantitative estimate of drug-likeness (QED) is 0.814. The third-order valence-corrected chi connectivity index (χ3v) is 3.83. The van der Waals surface area contributed by atoms with Crippen molar-refractivity contribution in [1.82, 2.24) is 4.90 Å². The summed E-state index contributed by atoms with van der Waals surface area (Å²) in [7, 11) is 0. The number of aliphatic hydroxyl groups excluding tert-OH is 1. The molecular weight excluding hydrogens is 236 g/mol. The Balaban J connectivity index is 2.13. The molecule has 3 N–H and O–H groups in total. The van der Waals surface area contributed by atoms with Crippen LogP contribution in [0.25, 0.3) is 0 Å². The lowest BCUT2D eigenvalue weighted by atomic mass is 10.0. The number of benzene rings is 1. The van der Waals surface area contributed by atoms with Gasteiger partial charge in [-0.3, -0.25) is 4.90 Å². The fourth-order valence-electron chi connectivity index (χ4n) is 2.42. The van der Waals surface area contributed by atoms with E-state index in [-0.39, 0.29) is 12.6 Å². The molecule has 2 rings (SSSR count). The van der Waals surface area contributed by atoms with E-state index in [0.29, 0.717) is 5.02 Å². The first kappa shape index (κ1) is 12.7. The van der Waals surface area contributed by atoms with Crippen LogP contribution in [-0.4, -0.2) is 29.2 Å². The highest BCUT2D eigenvalue weighted by Crippen LogP contribution is 2.26. The average Bonchev–Trinajstić information content (AvgIpc) is 2.34. The lowest BCUT2D eigenvalue weighted by Crippen LogP contribution is -2.41. The van der Waals surface area contributed by atoms with Gasteiger partial charge < -0.3 is 10.8 Å². The van der Waals surface area contributed by atoms with Crippen LogP contribution in [0.15, 0.2) is 18.2 Å². The van der Waals surface area contributed by atoms with E-state index in [1.54, 1.807) is 0 Å². The molecular formula is C13H19ClN2O. The molecule has 0 radical (unpaired) electrons. The summed E-state index contributed by atoms with van der Waals surface area (Å²) in [6, 6.07) is 5.85. The number of nitrogens with zero attached hydrogens (tertiary/aromatic N) is 1. The third kappa shape index (κ3) is 2.92. The Morgan fingerprint density at radius 3 is 2.94 bits per heavy atom. The van der Waals surface area contributed by atoms with Crippen LogP contribution in [0.4, 0.5) is 5.69 Å². The average molecular weight is 255 g/mol. The van der Waals surface area contributed by atoms with Gasteiger partial charge in [-0.15, -0.1) is 0 Å². The molecule has 1 saturated heterocycles. The van der Waals surface area contributed by atoms with Crippen LogP contribution in [0, 0.1) is 0 Å².